The van der Waals surface area contributed by atoms with Crippen LogP contribution >= 0.6 is 11.3 Å². The van der Waals surface area contributed by atoms with Gasteiger partial charge in [-0.15, -0.1) is 59.4 Å². The van der Waals surface area contributed by atoms with Crippen LogP contribution in [-0.2, 0) is 31.9 Å². The average Bonchev–Trinajstić information content (AvgIpc) is 4.07. The van der Waals surface area contributed by atoms with Gasteiger partial charge in [0.15, 0.2) is 0 Å². The molecule has 0 radical (unpaired) electrons. The van der Waals surface area contributed by atoms with Crippen LogP contribution in [0.3, 0.4) is 0 Å². The summed E-state index contributed by atoms with van der Waals surface area (Å²) >= 11 is 1.76. The van der Waals surface area contributed by atoms with Crippen molar-refractivity contribution in [3.05, 3.63) is 212 Å². The van der Waals surface area contributed by atoms with Crippen LogP contribution in [0.15, 0.2) is 182 Å². The fourth-order valence-corrected chi connectivity index (χ4v) is 10.3. The molecule has 0 saturated heterocycles. The van der Waals surface area contributed by atoms with E-state index >= 15 is 0 Å². The number of benzene rings is 8. The predicted octanol–water partition coefficient (Wildman–Crippen LogP) is 17.3. The largest absolute Gasteiger partial charge is 0.509 e. The number of hydrogen-bond acceptors (Lipinski definition) is 5. The van der Waals surface area contributed by atoms with Crippen molar-refractivity contribution in [1.82, 2.24) is 9.55 Å². The first-order valence-corrected chi connectivity index (χ1v) is 23.3. The maximum absolute atomic E-state index is 9.27. The SMILES string of the molecule is [2H]c1c([2H])c([2H])c(-c2cc(C(C)(C)C)cc(-c3c([2H])c([2H])c([2H])c([2H])c3[2H])c2N2[CH-]N(c3[c-]c(Oc4[c-]c5c(cc4)c4ccc6sc7ccccc7c6c4n5-c4cc(C(C)(C)C)ccn4)ccc3)c3ccccc32)c([2H])c1[2H].[Pt]. The molecule has 0 spiro atoms. The Morgan fingerprint density at radius 1 is 0.594 bits per heavy atom. The van der Waals surface area contributed by atoms with E-state index in [9.17, 15) is 5.48 Å². The molecule has 11 aromatic rings. The van der Waals surface area contributed by atoms with E-state index in [1.54, 1.807) is 35.0 Å². The van der Waals surface area contributed by atoms with Crippen molar-refractivity contribution < 1.29 is 39.5 Å². The fraction of sp³-hybridized carbons (Fsp3) is 0.129. The molecular formula is C62H49N4OPtS-3. The Kier molecular flexibility index (Phi) is 8.56. The molecule has 7 heteroatoms. The Morgan fingerprint density at radius 3 is 1.93 bits per heavy atom. The smallest absolute Gasteiger partial charge is 0.135 e. The predicted molar refractivity (Wildman–Crippen MR) is 285 cm³/mol. The zero-order valence-electron chi connectivity index (χ0n) is 48.5. The van der Waals surface area contributed by atoms with Gasteiger partial charge in [0.2, 0.25) is 0 Å². The molecule has 0 bridgehead atoms. The molecule has 12 rings (SSSR count). The van der Waals surface area contributed by atoms with Gasteiger partial charge in [0.25, 0.3) is 0 Å². The van der Waals surface area contributed by atoms with Crippen LogP contribution in [-0.4, -0.2) is 9.55 Å². The average molecular weight is 1100 g/mol. The summed E-state index contributed by atoms with van der Waals surface area (Å²) in [6.45, 7) is 14.2. The number of ether oxygens (including phenoxy) is 1. The van der Waals surface area contributed by atoms with Crippen molar-refractivity contribution in [3.8, 4) is 39.6 Å². The Hall–Kier alpha value is -6.98. The van der Waals surface area contributed by atoms with Gasteiger partial charge >= 0.3 is 0 Å². The third-order valence-electron chi connectivity index (χ3n) is 12.6. The second-order valence-corrected chi connectivity index (χ2v) is 20.1. The first-order valence-electron chi connectivity index (χ1n) is 27.5. The molecule has 342 valence electrons. The molecule has 0 aliphatic carbocycles. The minimum absolute atomic E-state index is 0. The topological polar surface area (TPSA) is 33.5 Å². The first-order chi connectivity index (χ1) is 37.1. The third kappa shape index (κ3) is 7.80. The second-order valence-electron chi connectivity index (χ2n) is 19.0. The van der Waals surface area contributed by atoms with E-state index < -0.39 is 65.8 Å². The van der Waals surface area contributed by atoms with Crippen molar-refractivity contribution in [2.75, 3.05) is 9.80 Å². The fourth-order valence-electron chi connectivity index (χ4n) is 9.23. The second kappa shape index (κ2) is 17.2. The van der Waals surface area contributed by atoms with Gasteiger partial charge in [0, 0.05) is 87.1 Å². The van der Waals surface area contributed by atoms with Gasteiger partial charge in [-0.3, -0.25) is 0 Å². The molecule has 69 heavy (non-hydrogen) atoms. The van der Waals surface area contributed by atoms with E-state index in [1.807, 2.05) is 80.4 Å². The van der Waals surface area contributed by atoms with Gasteiger partial charge in [-0.1, -0.05) is 144 Å². The van der Waals surface area contributed by atoms with Crippen molar-refractivity contribution in [2.24, 2.45) is 0 Å². The number of hydrogen-bond donors (Lipinski definition) is 0. The number of nitrogens with zero attached hydrogens (tertiary/aromatic N) is 4. The van der Waals surface area contributed by atoms with Crippen LogP contribution in [0.4, 0.5) is 22.7 Å². The zero-order chi connectivity index (χ0) is 55.0. The van der Waals surface area contributed by atoms with Gasteiger partial charge in [-0.05, 0) is 87.0 Å². The van der Waals surface area contributed by atoms with Gasteiger partial charge < -0.3 is 19.1 Å². The molecule has 0 saturated carbocycles. The number of thiophene rings is 1. The molecule has 8 aromatic carbocycles. The van der Waals surface area contributed by atoms with E-state index in [0.29, 0.717) is 34.1 Å². The van der Waals surface area contributed by atoms with E-state index in [4.69, 9.17) is 17.9 Å². The Balaban J connectivity index is 0.00000660. The molecule has 5 nitrogen and oxygen atoms in total. The molecule has 0 N–H and O–H groups in total. The summed E-state index contributed by atoms with van der Waals surface area (Å²) in [5, 5.41) is 4.36. The van der Waals surface area contributed by atoms with Gasteiger partial charge in [-0.25, -0.2) is 4.98 Å². The number of rotatable bonds is 7. The minimum atomic E-state index is -0.630. The maximum Gasteiger partial charge on any atom is 0.135 e. The zero-order valence-corrected chi connectivity index (χ0v) is 41.6. The number of fused-ring (bicyclic) bond motifs is 8. The number of aromatic nitrogens is 2. The third-order valence-corrected chi connectivity index (χ3v) is 13.7. The van der Waals surface area contributed by atoms with Gasteiger partial charge in [0.1, 0.15) is 5.82 Å². The van der Waals surface area contributed by atoms with Crippen molar-refractivity contribution in [2.45, 2.75) is 52.4 Å². The van der Waals surface area contributed by atoms with Gasteiger partial charge in [0.05, 0.1) is 19.2 Å². The number of anilines is 4. The quantitative estimate of drug-likeness (QED) is 0.149. The Bertz CT molecular complexity index is 4210. The summed E-state index contributed by atoms with van der Waals surface area (Å²) in [7, 11) is 0. The Morgan fingerprint density at radius 2 is 1.23 bits per heavy atom. The van der Waals surface area contributed by atoms with Crippen LogP contribution in [0.1, 0.15) is 66.4 Å². The maximum atomic E-state index is 9.27. The summed E-state index contributed by atoms with van der Waals surface area (Å²) in [5.41, 5.74) is 5.05. The molecule has 1 aliphatic rings. The van der Waals surface area contributed by atoms with E-state index in [0.717, 1.165) is 38.6 Å². The van der Waals surface area contributed by atoms with Crippen molar-refractivity contribution >= 4 is 76.1 Å². The first kappa shape index (κ1) is 34.3. The molecule has 3 aromatic heterocycles. The van der Waals surface area contributed by atoms with Crippen LogP contribution in [0, 0.1) is 18.8 Å². The van der Waals surface area contributed by atoms with Crippen LogP contribution in [0.25, 0.3) is 70.0 Å². The molecule has 0 unspecified atom stereocenters. The summed E-state index contributed by atoms with van der Waals surface area (Å²) in [5.74, 6) is 1.58. The molecular weight excluding hydrogens is 1040 g/mol. The number of pyridine rings is 1. The van der Waals surface area contributed by atoms with Crippen molar-refractivity contribution in [3.63, 3.8) is 0 Å². The van der Waals surface area contributed by atoms with E-state index in [1.165, 1.54) is 14.8 Å². The minimum Gasteiger partial charge on any atom is -0.509 e. The Labute approximate surface area is 436 Å². The molecule has 0 amide bonds. The monoisotopic (exact) mass is 1100 g/mol. The van der Waals surface area contributed by atoms with Crippen LogP contribution in [0.2, 0.25) is 0 Å². The summed E-state index contributed by atoms with van der Waals surface area (Å²) < 4.78 is 100. The summed E-state index contributed by atoms with van der Waals surface area (Å²) in [6, 6.07) is 39.6. The van der Waals surface area contributed by atoms with Crippen LogP contribution < -0.4 is 14.5 Å². The summed E-state index contributed by atoms with van der Waals surface area (Å²) in [4.78, 5) is 8.65. The number of para-hydroxylation sites is 2. The standard InChI is InChI=1S/C62H49N4OS.Pt/c1-61(2,3)42-32-33-63-57(36-42)66-54-38-46(28-29-47(54)48-30-31-56-58(60(48)66)49-24-13-16-27-55(49)68-56)67-45-23-17-22-44(37-45)64-39-65(53-26-15-14-25-52(53)64)59-50(40-18-9-7-10-19-40)34-43(62(4,5)6)35-51(59)41-20-11-8-12-21-41;/h7-36,39H,1-6H3;/q-3;/i7D,8D,9D,10D,11D,12D,18D,19D,20D,21D;. The molecule has 0 atom stereocenters. The molecule has 4 heterocycles. The van der Waals surface area contributed by atoms with Crippen molar-refractivity contribution in [1.29, 1.82) is 0 Å². The normalized spacial score (nSPS) is 14.9. The molecule has 0 fully saturated rings. The van der Waals surface area contributed by atoms with E-state index in [-0.39, 0.29) is 54.4 Å². The van der Waals surface area contributed by atoms with E-state index in [2.05, 4.69) is 92.1 Å². The van der Waals surface area contributed by atoms with Crippen LogP contribution in [0.5, 0.6) is 11.5 Å². The van der Waals surface area contributed by atoms with Gasteiger partial charge in [-0.2, -0.15) is 12.1 Å². The molecule has 1 aliphatic heterocycles. The summed E-state index contributed by atoms with van der Waals surface area (Å²) in [6.07, 6.45) is 1.86.